The van der Waals surface area contributed by atoms with Gasteiger partial charge in [-0.1, -0.05) is 0 Å². The van der Waals surface area contributed by atoms with Gasteiger partial charge in [-0.2, -0.15) is 0 Å². The summed E-state index contributed by atoms with van der Waals surface area (Å²) in [5, 5.41) is 52.8. The Kier molecular flexibility index (Phi) is 31.1. The van der Waals surface area contributed by atoms with E-state index in [0.717, 1.165) is 9.80 Å². The van der Waals surface area contributed by atoms with E-state index in [-0.39, 0.29) is 102 Å². The van der Waals surface area contributed by atoms with Gasteiger partial charge in [0, 0.05) is 26.2 Å². The molecule has 0 radical (unpaired) electrons. The van der Waals surface area contributed by atoms with Gasteiger partial charge in [0.05, 0.1) is 30.1 Å². The number of nitrogens with zero attached hydrogens (tertiary/aromatic N) is 3. The molecule has 0 rings (SSSR count). The fourth-order valence-corrected chi connectivity index (χ4v) is 1.46. The Bertz CT molecular complexity index is 409. The van der Waals surface area contributed by atoms with Crippen LogP contribution in [0.3, 0.4) is 0 Å². The summed E-state index contributed by atoms with van der Waals surface area (Å²) in [6, 6.07) is 0. The van der Waals surface area contributed by atoms with E-state index in [1.807, 2.05) is 0 Å². The van der Waals surface area contributed by atoms with E-state index in [4.69, 9.17) is 25.5 Å². The van der Waals surface area contributed by atoms with Crippen LogP contribution >= 0.6 is 0 Å². The predicted octanol–water partition coefficient (Wildman–Crippen LogP) is -14.0. The number of carboxylic acid groups (broad SMARTS) is 4. The van der Waals surface area contributed by atoms with Gasteiger partial charge in [0.1, 0.15) is 0 Å². The van der Waals surface area contributed by atoms with Crippen LogP contribution in [0, 0.1) is 15.3 Å². The zero-order valence-electron chi connectivity index (χ0n) is 15.2. The minimum absolute atomic E-state index is 0. The van der Waals surface area contributed by atoms with E-state index in [9.17, 15) is 29.4 Å². The third-order valence-corrected chi connectivity index (χ3v) is 2.16. The van der Waals surface area contributed by atoms with Crippen molar-refractivity contribution in [3.05, 3.63) is 15.3 Å². The molecule has 0 saturated carbocycles. The van der Waals surface area contributed by atoms with Crippen molar-refractivity contribution in [2.75, 3.05) is 39.3 Å². The van der Waals surface area contributed by atoms with Gasteiger partial charge in [0.15, 0.2) is 0 Å². The maximum Gasteiger partial charge on any atom is 1.00 e. The van der Waals surface area contributed by atoms with E-state index < -0.39 is 55.1 Å². The van der Waals surface area contributed by atoms with Crippen molar-refractivity contribution < 1.29 is 133 Å². The molecule has 0 aliphatic heterocycles. The fraction of sp³-hybridized carbons (Fsp3) is 0.600. The second-order valence-corrected chi connectivity index (χ2v) is 4.18. The van der Waals surface area contributed by atoms with Crippen LogP contribution in [0.25, 0.3) is 0 Å². The fourth-order valence-electron chi connectivity index (χ4n) is 1.46. The van der Waals surface area contributed by atoms with Gasteiger partial charge < -0.3 is 45.3 Å². The Morgan fingerprint density at radius 1 is 0.704 bits per heavy atom. The third-order valence-electron chi connectivity index (χ3n) is 2.16. The molecule has 0 aromatic carbocycles. The van der Waals surface area contributed by atoms with Crippen molar-refractivity contribution >= 4 is 23.9 Å². The first-order valence-corrected chi connectivity index (χ1v) is 6.03. The Labute approximate surface area is 219 Å². The molecular weight excluding hydrogens is 407 g/mol. The van der Waals surface area contributed by atoms with E-state index in [0.29, 0.717) is 0 Å². The van der Waals surface area contributed by atoms with E-state index in [1.54, 1.807) is 0 Å². The van der Waals surface area contributed by atoms with Crippen LogP contribution in [0.5, 0.6) is 0 Å². The first-order valence-electron chi connectivity index (χ1n) is 6.03. The summed E-state index contributed by atoms with van der Waals surface area (Å²) in [6.45, 7) is -2.75. The Morgan fingerprint density at radius 3 is 1.11 bits per heavy atom. The topological polar surface area (TPSA) is 228 Å². The third kappa shape index (κ3) is 34.0. The smallest absolute Gasteiger partial charge is 0.549 e. The largest absolute Gasteiger partial charge is 1.00 e. The summed E-state index contributed by atoms with van der Waals surface area (Å²) in [4.78, 5) is 52.1. The minimum Gasteiger partial charge on any atom is -0.549 e. The normalized spacial score (nSPS) is 8.81. The molecule has 14 nitrogen and oxygen atoms in total. The SMILES string of the molecule is O=C([O-])CN(CCN(CC(=O)O)CC(=O)O)CC(=O)[O-].O=[N+]([O-])[O-].[Na+].[Na+].[Na+]. The van der Waals surface area contributed by atoms with Gasteiger partial charge in [-0.15, -0.1) is 0 Å². The van der Waals surface area contributed by atoms with Crippen molar-refractivity contribution in [3.63, 3.8) is 0 Å². The van der Waals surface area contributed by atoms with Crippen LogP contribution in [0.15, 0.2) is 0 Å². The van der Waals surface area contributed by atoms with Crippen molar-refractivity contribution in [1.82, 2.24) is 9.80 Å². The van der Waals surface area contributed by atoms with Gasteiger partial charge in [0.2, 0.25) is 0 Å². The maximum absolute atomic E-state index is 10.5. The van der Waals surface area contributed by atoms with E-state index in [2.05, 4.69) is 0 Å². The Morgan fingerprint density at radius 2 is 0.926 bits per heavy atom. The van der Waals surface area contributed by atoms with Crippen molar-refractivity contribution in [3.8, 4) is 0 Å². The molecule has 0 amide bonds. The molecule has 0 aromatic heterocycles. The number of carbonyl (C=O) groups is 4. The van der Waals surface area contributed by atoms with Gasteiger partial charge in [-0.25, -0.2) is 0 Å². The summed E-state index contributed by atoms with van der Waals surface area (Å²) in [5.74, 6) is -5.52. The standard InChI is InChI=1S/C10H16N2O8.NO3.3Na/c13-7(14)3-11(4-8(15)16)1-2-12(5-9(17)18)6-10(19)20;2-1(3)4;;;/h1-6H2,(H,13,14)(H,15,16)(H,17,18)(H,19,20);;;;/q;-1;3*+1/p-2. The van der Waals surface area contributed by atoms with Crippen LogP contribution in [-0.4, -0.2) is 88.2 Å². The van der Waals surface area contributed by atoms with Crippen LogP contribution < -0.4 is 98.9 Å². The number of hydrogen-bond acceptors (Lipinski definition) is 11. The molecule has 27 heavy (non-hydrogen) atoms. The average Bonchev–Trinajstić information content (AvgIpc) is 2.32. The summed E-state index contributed by atoms with van der Waals surface area (Å²) in [5.41, 5.74) is 0. The summed E-state index contributed by atoms with van der Waals surface area (Å²) in [6.07, 6.45) is 0. The number of rotatable bonds is 11. The minimum atomic E-state index is -1.75. The molecule has 0 fully saturated rings. The molecule has 0 bridgehead atoms. The summed E-state index contributed by atoms with van der Waals surface area (Å²) >= 11 is 0. The number of carbonyl (C=O) groups excluding carboxylic acids is 2. The number of hydrogen-bond donors (Lipinski definition) is 2. The Hall–Kier alpha value is -0.000000000000000444. The molecule has 138 valence electrons. The molecule has 2 N–H and O–H groups in total. The molecule has 0 saturated heterocycles. The molecular formula is C10H14N3Na3O11. The van der Waals surface area contributed by atoms with Gasteiger partial charge in [0.25, 0.3) is 0 Å². The second kappa shape index (κ2) is 22.3. The second-order valence-electron chi connectivity index (χ2n) is 4.18. The summed E-state index contributed by atoms with van der Waals surface area (Å²) in [7, 11) is 0. The van der Waals surface area contributed by atoms with E-state index in [1.165, 1.54) is 0 Å². The van der Waals surface area contributed by atoms with Crippen LogP contribution in [0.1, 0.15) is 0 Å². The molecule has 0 aliphatic carbocycles. The molecule has 17 heteroatoms. The zero-order chi connectivity index (χ0) is 19.3. The van der Waals surface area contributed by atoms with Gasteiger partial charge >= 0.3 is 101 Å². The van der Waals surface area contributed by atoms with Crippen molar-refractivity contribution in [2.45, 2.75) is 0 Å². The molecule has 0 aromatic rings. The molecule has 0 atom stereocenters. The quantitative estimate of drug-likeness (QED) is 0.180. The number of aliphatic carboxylic acids is 4. The van der Waals surface area contributed by atoms with Gasteiger partial charge in [-0.05, 0) is 0 Å². The Balaban J connectivity index is -0.000000209. The first kappa shape index (κ1) is 37.7. The van der Waals surface area contributed by atoms with Crippen molar-refractivity contribution in [1.29, 1.82) is 0 Å². The molecule has 0 spiro atoms. The number of carboxylic acids is 4. The van der Waals surface area contributed by atoms with Gasteiger partial charge in [-0.3, -0.25) is 19.4 Å². The first-order chi connectivity index (χ1) is 10.9. The molecule has 0 unspecified atom stereocenters. The summed E-state index contributed by atoms with van der Waals surface area (Å²) < 4.78 is 0. The zero-order valence-corrected chi connectivity index (χ0v) is 21.2. The van der Waals surface area contributed by atoms with Crippen LogP contribution in [0.4, 0.5) is 0 Å². The van der Waals surface area contributed by atoms with Crippen LogP contribution in [-0.2, 0) is 19.2 Å². The maximum atomic E-state index is 10.5. The average molecular weight is 421 g/mol. The van der Waals surface area contributed by atoms with Crippen LogP contribution in [0.2, 0.25) is 0 Å². The molecule has 0 heterocycles. The predicted molar refractivity (Wildman–Crippen MR) is 68.5 cm³/mol. The monoisotopic (exact) mass is 421 g/mol. The van der Waals surface area contributed by atoms with Crippen molar-refractivity contribution in [2.24, 2.45) is 0 Å². The molecule has 0 aliphatic rings. The van der Waals surface area contributed by atoms with E-state index >= 15 is 0 Å².